The van der Waals surface area contributed by atoms with Crippen molar-refractivity contribution in [2.75, 3.05) is 12.0 Å². The molecule has 4 rings (SSSR count). The summed E-state index contributed by atoms with van der Waals surface area (Å²) in [5.74, 6) is 0.687. The SMILES string of the molecule is COc1ccc2nc(N(Cc3ccccc3)C(=O)c3cccc(Br)c3)sc2c1. The molecule has 1 aromatic heterocycles. The average molecular weight is 453 g/mol. The Morgan fingerprint density at radius 3 is 2.64 bits per heavy atom. The van der Waals surface area contributed by atoms with Gasteiger partial charge in [-0.1, -0.05) is 63.7 Å². The van der Waals surface area contributed by atoms with Crippen LogP contribution in [0.25, 0.3) is 10.2 Å². The van der Waals surface area contributed by atoms with Crippen molar-refractivity contribution in [2.45, 2.75) is 6.54 Å². The molecule has 0 unspecified atom stereocenters. The minimum atomic E-state index is -0.0869. The van der Waals surface area contributed by atoms with Gasteiger partial charge in [0.15, 0.2) is 5.13 Å². The number of anilines is 1. The molecule has 0 aliphatic heterocycles. The normalized spacial score (nSPS) is 10.8. The van der Waals surface area contributed by atoms with Crippen LogP contribution in [0.4, 0.5) is 5.13 Å². The van der Waals surface area contributed by atoms with Gasteiger partial charge in [0.25, 0.3) is 5.91 Å². The molecule has 0 aliphatic rings. The minimum Gasteiger partial charge on any atom is -0.497 e. The molecular weight excluding hydrogens is 436 g/mol. The maximum absolute atomic E-state index is 13.3. The smallest absolute Gasteiger partial charge is 0.260 e. The second kappa shape index (κ2) is 8.12. The molecule has 0 radical (unpaired) electrons. The van der Waals surface area contributed by atoms with Crippen molar-refractivity contribution in [1.82, 2.24) is 4.98 Å². The number of hydrogen-bond acceptors (Lipinski definition) is 4. The lowest BCUT2D eigenvalue weighted by Gasteiger charge is -2.20. The summed E-state index contributed by atoms with van der Waals surface area (Å²) in [6.45, 7) is 0.448. The summed E-state index contributed by atoms with van der Waals surface area (Å²) in [6.07, 6.45) is 0. The van der Waals surface area contributed by atoms with Gasteiger partial charge in [-0.3, -0.25) is 9.69 Å². The molecule has 0 bridgehead atoms. The molecule has 0 spiro atoms. The fourth-order valence-electron chi connectivity index (χ4n) is 2.90. The summed E-state index contributed by atoms with van der Waals surface area (Å²) in [5, 5.41) is 0.664. The number of aromatic nitrogens is 1. The first-order valence-electron chi connectivity index (χ1n) is 8.70. The van der Waals surface area contributed by atoms with Crippen LogP contribution >= 0.6 is 27.3 Å². The molecule has 4 nitrogen and oxygen atoms in total. The molecule has 0 saturated carbocycles. The highest BCUT2D eigenvalue weighted by molar-refractivity contribution is 9.10. The van der Waals surface area contributed by atoms with Gasteiger partial charge in [-0.15, -0.1) is 0 Å². The molecule has 28 heavy (non-hydrogen) atoms. The highest BCUT2D eigenvalue weighted by atomic mass is 79.9. The van der Waals surface area contributed by atoms with Gasteiger partial charge in [-0.25, -0.2) is 4.98 Å². The van der Waals surface area contributed by atoms with Gasteiger partial charge >= 0.3 is 0 Å². The van der Waals surface area contributed by atoms with Crippen molar-refractivity contribution in [3.63, 3.8) is 0 Å². The summed E-state index contributed by atoms with van der Waals surface area (Å²) in [4.78, 5) is 19.8. The number of amides is 1. The quantitative estimate of drug-likeness (QED) is 0.377. The number of ether oxygens (including phenoxy) is 1. The van der Waals surface area contributed by atoms with Crippen LogP contribution in [0.5, 0.6) is 5.75 Å². The zero-order chi connectivity index (χ0) is 19.5. The molecule has 0 aliphatic carbocycles. The first-order valence-corrected chi connectivity index (χ1v) is 10.3. The standard InChI is InChI=1S/C22H17BrN2O2S/c1-27-18-10-11-19-20(13-18)28-22(24-19)25(14-15-6-3-2-4-7-15)21(26)16-8-5-9-17(23)12-16/h2-13H,14H2,1H3. The zero-order valence-electron chi connectivity index (χ0n) is 15.1. The van der Waals surface area contributed by atoms with E-state index < -0.39 is 0 Å². The number of methoxy groups -OCH3 is 1. The molecular formula is C22H17BrN2O2S. The maximum Gasteiger partial charge on any atom is 0.260 e. The van der Waals surface area contributed by atoms with Crippen LogP contribution in [0.2, 0.25) is 0 Å². The number of benzene rings is 3. The number of carbonyl (C=O) groups excluding carboxylic acids is 1. The lowest BCUT2D eigenvalue weighted by atomic mass is 10.1. The van der Waals surface area contributed by atoms with Crippen molar-refractivity contribution in [2.24, 2.45) is 0 Å². The topological polar surface area (TPSA) is 42.4 Å². The number of thiazole rings is 1. The second-order valence-corrected chi connectivity index (χ2v) is 8.14. The molecule has 6 heteroatoms. The predicted molar refractivity (Wildman–Crippen MR) is 117 cm³/mol. The van der Waals surface area contributed by atoms with Gasteiger partial charge in [-0.05, 0) is 42.0 Å². The van der Waals surface area contributed by atoms with Crippen LogP contribution in [0.15, 0.2) is 77.3 Å². The van der Waals surface area contributed by atoms with Gasteiger partial charge in [0, 0.05) is 10.0 Å². The van der Waals surface area contributed by atoms with Crippen LogP contribution in [0, 0.1) is 0 Å². The Morgan fingerprint density at radius 1 is 1.07 bits per heavy atom. The van der Waals surface area contributed by atoms with E-state index in [1.807, 2.05) is 72.8 Å². The van der Waals surface area contributed by atoms with Crippen molar-refractivity contribution < 1.29 is 9.53 Å². The van der Waals surface area contributed by atoms with E-state index in [-0.39, 0.29) is 5.91 Å². The highest BCUT2D eigenvalue weighted by Gasteiger charge is 2.22. The van der Waals surface area contributed by atoms with E-state index in [0.29, 0.717) is 17.2 Å². The Kier molecular flexibility index (Phi) is 5.41. The lowest BCUT2D eigenvalue weighted by Crippen LogP contribution is -2.30. The fourth-order valence-corrected chi connectivity index (χ4v) is 4.30. The number of fused-ring (bicyclic) bond motifs is 1. The van der Waals surface area contributed by atoms with Gasteiger partial charge in [-0.2, -0.15) is 0 Å². The van der Waals surface area contributed by atoms with Crippen molar-refractivity contribution >= 4 is 48.5 Å². The number of halogens is 1. The molecule has 140 valence electrons. The zero-order valence-corrected chi connectivity index (χ0v) is 17.5. The summed E-state index contributed by atoms with van der Waals surface area (Å²) >= 11 is 4.93. The van der Waals surface area contributed by atoms with E-state index in [1.165, 1.54) is 11.3 Å². The van der Waals surface area contributed by atoms with Gasteiger partial charge in [0.05, 0.1) is 23.9 Å². The molecule has 4 aromatic rings. The Bertz CT molecular complexity index is 1130. The summed E-state index contributed by atoms with van der Waals surface area (Å²) < 4.78 is 7.16. The van der Waals surface area contributed by atoms with Crippen LogP contribution in [-0.2, 0) is 6.54 Å². The van der Waals surface area contributed by atoms with Crippen molar-refractivity contribution in [1.29, 1.82) is 0 Å². The summed E-state index contributed by atoms with van der Waals surface area (Å²) in [6, 6.07) is 23.1. The van der Waals surface area contributed by atoms with Gasteiger partial charge in [0.2, 0.25) is 0 Å². The maximum atomic E-state index is 13.3. The minimum absolute atomic E-state index is 0.0869. The van der Waals surface area contributed by atoms with Gasteiger partial charge in [0.1, 0.15) is 5.75 Å². The Morgan fingerprint density at radius 2 is 1.89 bits per heavy atom. The predicted octanol–water partition coefficient (Wildman–Crippen LogP) is 5.91. The average Bonchev–Trinajstić information content (AvgIpc) is 3.15. The number of rotatable bonds is 5. The molecule has 0 N–H and O–H groups in total. The highest BCUT2D eigenvalue weighted by Crippen LogP contribution is 2.33. The lowest BCUT2D eigenvalue weighted by molar-refractivity contribution is 0.0985. The largest absolute Gasteiger partial charge is 0.497 e. The van der Waals surface area contributed by atoms with Gasteiger partial charge < -0.3 is 4.74 Å². The third-order valence-corrected chi connectivity index (χ3v) is 5.85. The van der Waals surface area contributed by atoms with E-state index in [9.17, 15) is 4.79 Å². The molecule has 3 aromatic carbocycles. The summed E-state index contributed by atoms with van der Waals surface area (Å²) in [7, 11) is 1.64. The van der Waals surface area contributed by atoms with Crippen LogP contribution in [-0.4, -0.2) is 18.0 Å². The fraction of sp³-hybridized carbons (Fsp3) is 0.0909. The summed E-state index contributed by atoms with van der Waals surface area (Å²) in [5.41, 5.74) is 2.51. The third kappa shape index (κ3) is 3.93. The van der Waals surface area contributed by atoms with E-state index >= 15 is 0 Å². The van der Waals surface area contributed by atoms with E-state index in [2.05, 4.69) is 15.9 Å². The van der Waals surface area contributed by atoms with Crippen molar-refractivity contribution in [3.05, 3.63) is 88.4 Å². The Hall–Kier alpha value is -2.70. The van der Waals surface area contributed by atoms with Crippen molar-refractivity contribution in [3.8, 4) is 5.75 Å². The van der Waals surface area contributed by atoms with Crippen LogP contribution < -0.4 is 9.64 Å². The van der Waals surface area contributed by atoms with Crippen LogP contribution in [0.1, 0.15) is 15.9 Å². The van der Waals surface area contributed by atoms with E-state index in [0.717, 1.165) is 26.0 Å². The Labute approximate surface area is 175 Å². The first-order chi connectivity index (χ1) is 13.6. The monoisotopic (exact) mass is 452 g/mol. The molecule has 0 atom stereocenters. The first kappa shape index (κ1) is 18.7. The number of nitrogens with zero attached hydrogens (tertiary/aromatic N) is 2. The number of carbonyl (C=O) groups is 1. The Balaban J connectivity index is 1.77. The van der Waals surface area contributed by atoms with E-state index in [4.69, 9.17) is 9.72 Å². The molecule has 1 heterocycles. The van der Waals surface area contributed by atoms with Crippen LogP contribution in [0.3, 0.4) is 0 Å². The molecule has 0 fully saturated rings. The molecule has 0 saturated heterocycles. The molecule has 1 amide bonds. The third-order valence-electron chi connectivity index (χ3n) is 4.32. The van der Waals surface area contributed by atoms with E-state index in [1.54, 1.807) is 12.0 Å². The number of hydrogen-bond donors (Lipinski definition) is 0. The second-order valence-electron chi connectivity index (χ2n) is 6.22.